The molecule has 0 atom stereocenters. The van der Waals surface area contributed by atoms with Gasteiger partial charge in [0.25, 0.3) is 0 Å². The average Bonchev–Trinajstić information content (AvgIpc) is 3.40. The summed E-state index contributed by atoms with van der Waals surface area (Å²) in [6.07, 6.45) is 4.16. The van der Waals surface area contributed by atoms with Gasteiger partial charge in [0.15, 0.2) is 0 Å². The van der Waals surface area contributed by atoms with Crippen molar-refractivity contribution in [2.24, 2.45) is 0 Å². The number of rotatable bonds is 8. The molecule has 7 nitrogen and oxygen atoms in total. The van der Waals surface area contributed by atoms with E-state index in [1.165, 1.54) is 0 Å². The van der Waals surface area contributed by atoms with Gasteiger partial charge in [0.05, 0.1) is 17.9 Å². The Hall–Kier alpha value is -3.19. The summed E-state index contributed by atoms with van der Waals surface area (Å²) in [6, 6.07) is 16.2. The summed E-state index contributed by atoms with van der Waals surface area (Å²) >= 11 is 6.55. The molecule has 0 amide bonds. The minimum atomic E-state index is -0.0385. The fourth-order valence-electron chi connectivity index (χ4n) is 3.83. The number of halogens is 1. The highest BCUT2D eigenvalue weighted by atomic mass is 35.5. The molecule has 0 N–H and O–H groups in total. The highest BCUT2D eigenvalue weighted by Gasteiger charge is 2.17. The highest BCUT2D eigenvalue weighted by molar-refractivity contribution is 6.30. The van der Waals surface area contributed by atoms with Gasteiger partial charge in [-0.2, -0.15) is 4.68 Å². The standard InChI is InChI=1S/C23H25ClN6O/c1-3-7-21-22(24)28(14-4-2)23(31)29(21)15-17-10-12-18(13-11-17)19-8-5-6-9-20(19)30-16-25-26-27-30/h5-6,8-13,16H,3-4,7,14-15H2,1-2H3. The van der Waals surface area contributed by atoms with Crippen LogP contribution < -0.4 is 5.69 Å². The van der Waals surface area contributed by atoms with Crippen LogP contribution in [0.2, 0.25) is 5.15 Å². The molecule has 4 aromatic rings. The van der Waals surface area contributed by atoms with E-state index in [-0.39, 0.29) is 5.69 Å². The Morgan fingerprint density at radius 2 is 1.74 bits per heavy atom. The van der Waals surface area contributed by atoms with Gasteiger partial charge in [0.2, 0.25) is 0 Å². The molecular formula is C23H25ClN6O. The number of nitrogens with zero attached hydrogens (tertiary/aromatic N) is 6. The van der Waals surface area contributed by atoms with Crippen molar-refractivity contribution in [3.63, 3.8) is 0 Å². The lowest BCUT2D eigenvalue weighted by Crippen LogP contribution is -2.25. The van der Waals surface area contributed by atoms with Crippen LogP contribution in [0.5, 0.6) is 0 Å². The van der Waals surface area contributed by atoms with E-state index in [2.05, 4.69) is 46.7 Å². The smallest absolute Gasteiger partial charge is 0.290 e. The van der Waals surface area contributed by atoms with E-state index in [4.69, 9.17) is 11.6 Å². The summed E-state index contributed by atoms with van der Waals surface area (Å²) in [6.45, 7) is 5.28. The van der Waals surface area contributed by atoms with E-state index in [0.29, 0.717) is 18.2 Å². The molecule has 2 aromatic heterocycles. The minimum Gasteiger partial charge on any atom is -0.290 e. The molecule has 160 valence electrons. The average molecular weight is 437 g/mol. The molecule has 0 fully saturated rings. The number of aromatic nitrogens is 6. The Morgan fingerprint density at radius 3 is 2.42 bits per heavy atom. The fraction of sp³-hybridized carbons (Fsp3) is 0.304. The molecule has 0 spiro atoms. The van der Waals surface area contributed by atoms with Crippen molar-refractivity contribution < 1.29 is 0 Å². The van der Waals surface area contributed by atoms with E-state index in [9.17, 15) is 4.79 Å². The first-order valence-electron chi connectivity index (χ1n) is 10.5. The zero-order chi connectivity index (χ0) is 21.8. The van der Waals surface area contributed by atoms with Gasteiger partial charge < -0.3 is 0 Å². The monoisotopic (exact) mass is 436 g/mol. The SMILES string of the molecule is CCCc1c(Cl)n(CCC)c(=O)n1Cc1ccc(-c2ccccc2-n2cnnn2)cc1. The van der Waals surface area contributed by atoms with Gasteiger partial charge in [-0.3, -0.25) is 9.13 Å². The van der Waals surface area contributed by atoms with Crippen LogP contribution in [-0.2, 0) is 19.5 Å². The maximum Gasteiger partial charge on any atom is 0.329 e. The van der Waals surface area contributed by atoms with Crippen LogP contribution in [0.15, 0.2) is 59.7 Å². The Kier molecular flexibility index (Phi) is 6.32. The lowest BCUT2D eigenvalue weighted by molar-refractivity contribution is 0.619. The number of tetrazole rings is 1. The van der Waals surface area contributed by atoms with Crippen LogP contribution in [0, 0.1) is 0 Å². The van der Waals surface area contributed by atoms with Crippen molar-refractivity contribution in [3.8, 4) is 16.8 Å². The third kappa shape index (κ3) is 4.18. The predicted octanol–water partition coefficient (Wildman–Crippen LogP) is 4.36. The van der Waals surface area contributed by atoms with Crippen molar-refractivity contribution in [1.29, 1.82) is 0 Å². The first-order chi connectivity index (χ1) is 15.1. The van der Waals surface area contributed by atoms with Crippen molar-refractivity contribution >= 4 is 11.6 Å². The van der Waals surface area contributed by atoms with Gasteiger partial charge in [0, 0.05) is 12.1 Å². The third-order valence-corrected chi connectivity index (χ3v) is 5.72. The molecule has 2 aromatic carbocycles. The van der Waals surface area contributed by atoms with Crippen LogP contribution >= 0.6 is 11.6 Å². The molecule has 2 heterocycles. The van der Waals surface area contributed by atoms with Crippen LogP contribution in [0.4, 0.5) is 0 Å². The number of hydrogen-bond acceptors (Lipinski definition) is 4. The predicted molar refractivity (Wildman–Crippen MR) is 122 cm³/mol. The van der Waals surface area contributed by atoms with Gasteiger partial charge in [-0.15, -0.1) is 5.10 Å². The number of imidazole rings is 1. The molecule has 0 radical (unpaired) electrons. The minimum absolute atomic E-state index is 0.0385. The topological polar surface area (TPSA) is 70.5 Å². The summed E-state index contributed by atoms with van der Waals surface area (Å²) in [5, 5.41) is 12.1. The van der Waals surface area contributed by atoms with Gasteiger partial charge >= 0.3 is 5.69 Å². The Morgan fingerprint density at radius 1 is 0.968 bits per heavy atom. The van der Waals surface area contributed by atoms with Crippen LogP contribution in [0.3, 0.4) is 0 Å². The Labute approximate surface area is 185 Å². The largest absolute Gasteiger partial charge is 0.329 e. The maximum atomic E-state index is 13.0. The molecule has 0 bridgehead atoms. The van der Waals surface area contributed by atoms with Crippen LogP contribution in [0.25, 0.3) is 16.8 Å². The zero-order valence-corrected chi connectivity index (χ0v) is 18.5. The van der Waals surface area contributed by atoms with E-state index >= 15 is 0 Å². The summed E-state index contributed by atoms with van der Waals surface area (Å²) in [7, 11) is 0. The molecule has 4 rings (SSSR count). The number of benzene rings is 2. The Bertz CT molecular complexity index is 1210. The van der Waals surface area contributed by atoms with Crippen molar-refractivity contribution in [2.75, 3.05) is 0 Å². The van der Waals surface area contributed by atoms with E-state index in [1.807, 2.05) is 35.8 Å². The first kappa shape index (κ1) is 21.1. The van der Waals surface area contributed by atoms with Crippen molar-refractivity contribution in [2.45, 2.75) is 46.2 Å². The van der Waals surface area contributed by atoms with Gasteiger partial charge in [-0.1, -0.05) is 74.3 Å². The van der Waals surface area contributed by atoms with Gasteiger partial charge in [0.1, 0.15) is 11.5 Å². The molecule has 0 saturated carbocycles. The van der Waals surface area contributed by atoms with Crippen LogP contribution in [0.1, 0.15) is 37.9 Å². The number of hydrogen-bond donors (Lipinski definition) is 0. The lowest BCUT2D eigenvalue weighted by Gasteiger charge is -2.11. The molecule has 0 saturated heterocycles. The molecule has 0 aliphatic heterocycles. The van der Waals surface area contributed by atoms with Gasteiger partial charge in [-0.25, -0.2) is 4.79 Å². The summed E-state index contributed by atoms with van der Waals surface area (Å²) in [5.41, 5.74) is 4.91. The molecule has 8 heteroatoms. The fourth-order valence-corrected chi connectivity index (χ4v) is 4.18. The van der Waals surface area contributed by atoms with Crippen molar-refractivity contribution in [1.82, 2.24) is 29.3 Å². The molecule has 31 heavy (non-hydrogen) atoms. The quantitative estimate of drug-likeness (QED) is 0.411. The first-order valence-corrected chi connectivity index (χ1v) is 10.9. The zero-order valence-electron chi connectivity index (χ0n) is 17.7. The second-order valence-corrected chi connectivity index (χ2v) is 7.83. The van der Waals surface area contributed by atoms with Crippen LogP contribution in [-0.4, -0.2) is 29.3 Å². The second-order valence-electron chi connectivity index (χ2n) is 7.48. The molecule has 0 unspecified atom stereocenters. The summed E-state index contributed by atoms with van der Waals surface area (Å²) < 4.78 is 5.15. The normalized spacial score (nSPS) is 11.2. The summed E-state index contributed by atoms with van der Waals surface area (Å²) in [5.74, 6) is 0. The van der Waals surface area contributed by atoms with E-state index in [1.54, 1.807) is 15.6 Å². The van der Waals surface area contributed by atoms with Crippen molar-refractivity contribution in [3.05, 3.63) is 81.8 Å². The highest BCUT2D eigenvalue weighted by Crippen LogP contribution is 2.27. The van der Waals surface area contributed by atoms with E-state index in [0.717, 1.165) is 47.3 Å². The third-order valence-electron chi connectivity index (χ3n) is 5.30. The Balaban J connectivity index is 1.66. The molecular weight excluding hydrogens is 412 g/mol. The van der Waals surface area contributed by atoms with Gasteiger partial charge in [-0.05, 0) is 40.5 Å². The lowest BCUT2D eigenvalue weighted by atomic mass is 10.0. The molecule has 0 aliphatic carbocycles. The maximum absolute atomic E-state index is 13.0. The summed E-state index contributed by atoms with van der Waals surface area (Å²) in [4.78, 5) is 13.0. The van der Waals surface area contributed by atoms with E-state index < -0.39 is 0 Å². The number of para-hydroxylation sites is 1. The molecule has 0 aliphatic rings. The second kappa shape index (κ2) is 9.31.